The topological polar surface area (TPSA) is 15.3 Å². The van der Waals surface area contributed by atoms with Crippen LogP contribution in [-0.4, -0.2) is 30.6 Å². The van der Waals surface area contributed by atoms with Gasteiger partial charge in [0.25, 0.3) is 0 Å². The van der Waals surface area contributed by atoms with Gasteiger partial charge < -0.3 is 5.32 Å². The Morgan fingerprint density at radius 2 is 1.88 bits per heavy atom. The Bertz CT molecular complexity index is 297. The van der Waals surface area contributed by atoms with E-state index in [2.05, 4.69) is 54.4 Å². The molecule has 1 aliphatic heterocycles. The Morgan fingerprint density at radius 3 is 2.47 bits per heavy atom. The first-order valence-corrected chi connectivity index (χ1v) is 6.80. The molecule has 96 valence electrons. The van der Waals surface area contributed by atoms with Crippen LogP contribution in [0.5, 0.6) is 0 Å². The summed E-state index contributed by atoms with van der Waals surface area (Å²) in [5.41, 5.74) is 1.42. The maximum absolute atomic E-state index is 3.43. The number of hydrogen-bond acceptors (Lipinski definition) is 2. The zero-order valence-corrected chi connectivity index (χ0v) is 11.6. The van der Waals surface area contributed by atoms with E-state index in [9.17, 15) is 0 Å². The molecule has 1 aromatic rings. The quantitative estimate of drug-likeness (QED) is 0.846. The van der Waals surface area contributed by atoms with Crippen LogP contribution in [0.4, 0.5) is 0 Å². The maximum Gasteiger partial charge on any atom is 0.0323 e. The zero-order chi connectivity index (χ0) is 12.7. The fourth-order valence-electron chi connectivity index (χ4n) is 2.36. The van der Waals surface area contributed by atoms with Crippen molar-refractivity contribution < 1.29 is 0 Å². The van der Waals surface area contributed by atoms with E-state index in [4.69, 9.17) is 0 Å². The van der Waals surface area contributed by atoms with Gasteiger partial charge in [0, 0.05) is 31.7 Å². The molecule has 1 fully saturated rings. The van der Waals surface area contributed by atoms with Crippen LogP contribution in [0.1, 0.15) is 39.3 Å². The van der Waals surface area contributed by atoms with E-state index < -0.39 is 0 Å². The van der Waals surface area contributed by atoms with Crippen molar-refractivity contribution in [2.24, 2.45) is 0 Å². The van der Waals surface area contributed by atoms with Gasteiger partial charge in [-0.15, -0.1) is 0 Å². The van der Waals surface area contributed by atoms with Crippen LogP contribution in [0, 0.1) is 0 Å². The van der Waals surface area contributed by atoms with Gasteiger partial charge in [-0.3, -0.25) is 4.90 Å². The van der Waals surface area contributed by atoms with Crippen molar-refractivity contribution in [1.29, 1.82) is 0 Å². The molecule has 0 aromatic heterocycles. The number of rotatable bonds is 2. The SMILES string of the molecule is CC.C[C@H](c1ccccc1)N1CCNC[C@@H]1C. The first-order chi connectivity index (χ1) is 8.29. The summed E-state index contributed by atoms with van der Waals surface area (Å²) >= 11 is 0. The molecule has 0 saturated carbocycles. The maximum atomic E-state index is 3.43. The second-order valence-electron chi connectivity index (χ2n) is 4.38. The Balaban J connectivity index is 0.000000686. The molecule has 0 amide bonds. The smallest absolute Gasteiger partial charge is 0.0323 e. The predicted octanol–water partition coefficient (Wildman–Crippen LogP) is 3.07. The van der Waals surface area contributed by atoms with Crippen molar-refractivity contribution in [2.45, 2.75) is 39.8 Å². The minimum atomic E-state index is 0.531. The molecule has 1 heterocycles. The third kappa shape index (κ3) is 3.83. The fourth-order valence-corrected chi connectivity index (χ4v) is 2.36. The minimum Gasteiger partial charge on any atom is -0.314 e. The van der Waals surface area contributed by atoms with E-state index >= 15 is 0 Å². The molecule has 0 unspecified atom stereocenters. The summed E-state index contributed by atoms with van der Waals surface area (Å²) in [5.74, 6) is 0. The molecule has 2 atom stereocenters. The molecule has 17 heavy (non-hydrogen) atoms. The average Bonchev–Trinajstić information content (AvgIpc) is 2.42. The average molecular weight is 234 g/mol. The third-order valence-electron chi connectivity index (χ3n) is 3.33. The van der Waals surface area contributed by atoms with E-state index in [-0.39, 0.29) is 0 Å². The van der Waals surface area contributed by atoms with Crippen molar-refractivity contribution in [2.75, 3.05) is 19.6 Å². The van der Waals surface area contributed by atoms with Crippen LogP contribution >= 0.6 is 0 Å². The predicted molar refractivity (Wildman–Crippen MR) is 75.2 cm³/mol. The van der Waals surface area contributed by atoms with Crippen LogP contribution in [0.25, 0.3) is 0 Å². The highest BCUT2D eigenvalue weighted by molar-refractivity contribution is 5.18. The monoisotopic (exact) mass is 234 g/mol. The highest BCUT2D eigenvalue weighted by atomic mass is 15.2. The molecule has 0 bridgehead atoms. The molecule has 0 aliphatic carbocycles. The number of nitrogens with one attached hydrogen (secondary N) is 1. The number of piperazine rings is 1. The van der Waals surface area contributed by atoms with Crippen molar-refractivity contribution in [3.63, 3.8) is 0 Å². The Kier molecular flexibility index (Phi) is 6.23. The summed E-state index contributed by atoms with van der Waals surface area (Å²) < 4.78 is 0. The summed E-state index contributed by atoms with van der Waals surface area (Å²) in [7, 11) is 0. The molecule has 2 rings (SSSR count). The Morgan fingerprint density at radius 1 is 1.24 bits per heavy atom. The van der Waals surface area contributed by atoms with E-state index in [0.717, 1.165) is 19.6 Å². The molecular weight excluding hydrogens is 208 g/mol. The lowest BCUT2D eigenvalue weighted by molar-refractivity contribution is 0.126. The van der Waals surface area contributed by atoms with Gasteiger partial charge in [0.05, 0.1) is 0 Å². The van der Waals surface area contributed by atoms with Crippen molar-refractivity contribution >= 4 is 0 Å². The van der Waals surface area contributed by atoms with Gasteiger partial charge in [-0.1, -0.05) is 44.2 Å². The summed E-state index contributed by atoms with van der Waals surface area (Å²) in [6, 6.07) is 11.9. The minimum absolute atomic E-state index is 0.531. The highest BCUT2D eigenvalue weighted by Gasteiger charge is 2.23. The van der Waals surface area contributed by atoms with Gasteiger partial charge in [-0.2, -0.15) is 0 Å². The molecule has 1 aromatic carbocycles. The number of nitrogens with zero attached hydrogens (tertiary/aromatic N) is 1. The first kappa shape index (κ1) is 14.2. The molecule has 0 radical (unpaired) electrons. The van der Waals surface area contributed by atoms with Crippen LogP contribution in [0.15, 0.2) is 30.3 Å². The van der Waals surface area contributed by atoms with Crippen LogP contribution in [0.2, 0.25) is 0 Å². The second kappa shape index (κ2) is 7.46. The van der Waals surface area contributed by atoms with Crippen molar-refractivity contribution in [3.8, 4) is 0 Å². The third-order valence-corrected chi connectivity index (χ3v) is 3.33. The van der Waals surface area contributed by atoms with Gasteiger partial charge in [-0.25, -0.2) is 0 Å². The van der Waals surface area contributed by atoms with Gasteiger partial charge in [0.2, 0.25) is 0 Å². The largest absolute Gasteiger partial charge is 0.314 e. The van der Waals surface area contributed by atoms with Crippen molar-refractivity contribution in [3.05, 3.63) is 35.9 Å². The molecule has 2 heteroatoms. The summed E-state index contributed by atoms with van der Waals surface area (Å²) in [6.07, 6.45) is 0. The molecule has 1 aliphatic rings. The van der Waals surface area contributed by atoms with Gasteiger partial charge in [0.15, 0.2) is 0 Å². The molecule has 0 spiro atoms. The lowest BCUT2D eigenvalue weighted by Crippen LogP contribution is -2.50. The normalized spacial score (nSPS) is 22.5. The fraction of sp³-hybridized carbons (Fsp3) is 0.600. The lowest BCUT2D eigenvalue weighted by atomic mass is 10.0. The van der Waals surface area contributed by atoms with Crippen LogP contribution < -0.4 is 5.32 Å². The lowest BCUT2D eigenvalue weighted by Gasteiger charge is -2.38. The Hall–Kier alpha value is -0.860. The number of hydrogen-bond donors (Lipinski definition) is 1. The highest BCUT2D eigenvalue weighted by Crippen LogP contribution is 2.22. The molecule has 1 N–H and O–H groups in total. The van der Waals surface area contributed by atoms with Gasteiger partial charge in [-0.05, 0) is 19.4 Å². The van der Waals surface area contributed by atoms with Crippen LogP contribution in [-0.2, 0) is 0 Å². The van der Waals surface area contributed by atoms with Crippen LogP contribution in [0.3, 0.4) is 0 Å². The summed E-state index contributed by atoms with van der Waals surface area (Å²) in [5, 5.41) is 3.43. The summed E-state index contributed by atoms with van der Waals surface area (Å²) in [4.78, 5) is 2.58. The van der Waals surface area contributed by atoms with Crippen molar-refractivity contribution in [1.82, 2.24) is 10.2 Å². The standard InChI is InChI=1S/C13H20N2.C2H6/c1-11-10-14-8-9-15(11)12(2)13-6-4-3-5-7-13;1-2/h3-7,11-12,14H,8-10H2,1-2H3;1-2H3/t11-,12+;/m0./s1. The molecule has 2 nitrogen and oxygen atoms in total. The van der Waals surface area contributed by atoms with E-state index in [1.54, 1.807) is 0 Å². The first-order valence-electron chi connectivity index (χ1n) is 6.80. The van der Waals surface area contributed by atoms with Gasteiger partial charge in [0.1, 0.15) is 0 Å². The van der Waals surface area contributed by atoms with E-state index in [0.29, 0.717) is 12.1 Å². The van der Waals surface area contributed by atoms with Gasteiger partial charge >= 0.3 is 0 Å². The van der Waals surface area contributed by atoms with E-state index in [1.165, 1.54) is 5.56 Å². The second-order valence-corrected chi connectivity index (χ2v) is 4.38. The zero-order valence-electron chi connectivity index (χ0n) is 11.6. The summed E-state index contributed by atoms with van der Waals surface area (Å²) in [6.45, 7) is 12.0. The van der Waals surface area contributed by atoms with E-state index in [1.807, 2.05) is 13.8 Å². The Labute approximate surface area is 106 Å². The number of benzene rings is 1. The molecule has 1 saturated heterocycles. The molecular formula is C15H26N2.